The Hall–Kier alpha value is -1.05. The van der Waals surface area contributed by atoms with E-state index in [9.17, 15) is 4.79 Å². The van der Waals surface area contributed by atoms with Gasteiger partial charge in [-0.2, -0.15) is 0 Å². The van der Waals surface area contributed by atoms with Gasteiger partial charge >= 0.3 is 5.97 Å². The van der Waals surface area contributed by atoms with E-state index in [1.807, 2.05) is 0 Å². The maximum atomic E-state index is 12.0. The van der Waals surface area contributed by atoms with E-state index in [0.717, 1.165) is 25.7 Å². The highest BCUT2D eigenvalue weighted by Crippen LogP contribution is 2.17. The van der Waals surface area contributed by atoms with Crippen molar-refractivity contribution < 1.29 is 9.53 Å². The molecular weight excluding hydrogens is 681 g/mol. The second-order valence-electron chi connectivity index (χ2n) is 17.9. The predicted octanol–water partition coefficient (Wildman–Crippen LogP) is 19.6. The minimum absolute atomic E-state index is 0.0155. The van der Waals surface area contributed by atoms with Gasteiger partial charge in [0.2, 0.25) is 0 Å². The van der Waals surface area contributed by atoms with Crippen molar-refractivity contribution in [1.29, 1.82) is 0 Å². The molecule has 0 aromatic heterocycles. The molecular formula is C54H104O2. The summed E-state index contributed by atoms with van der Waals surface area (Å²) in [5.74, 6) is 0.0155. The van der Waals surface area contributed by atoms with Gasteiger partial charge in [-0.15, -0.1) is 0 Å². The van der Waals surface area contributed by atoms with Crippen LogP contribution in [0.1, 0.15) is 309 Å². The zero-order chi connectivity index (χ0) is 40.3. The summed E-state index contributed by atoms with van der Waals surface area (Å²) in [5.41, 5.74) is 0. The van der Waals surface area contributed by atoms with Gasteiger partial charge in [-0.25, -0.2) is 0 Å². The standard InChI is InChI=1S/C54H104O2/c1-3-5-7-9-11-13-15-17-19-20-21-22-23-24-25-26-27-28-29-30-31-32-33-34-35-36-37-39-41-43-45-47-49-51-53-56-54(55)52-50-48-46-44-42-40-38-18-16-14-12-10-8-6-4-2/h12,14,18,38H,3-11,13,15-17,19-37,39-53H2,1-2H3/b14-12-,38-18-. The van der Waals surface area contributed by atoms with Gasteiger partial charge in [0.15, 0.2) is 0 Å². The second kappa shape index (κ2) is 52.0. The molecule has 0 aromatic carbocycles. The monoisotopic (exact) mass is 785 g/mol. The molecule has 0 spiro atoms. The quantitative estimate of drug-likeness (QED) is 0.0349. The van der Waals surface area contributed by atoms with Crippen LogP contribution in [0.3, 0.4) is 0 Å². The summed E-state index contributed by atoms with van der Waals surface area (Å²) in [6.45, 7) is 5.19. The number of allylic oxidation sites excluding steroid dienone is 4. The topological polar surface area (TPSA) is 26.3 Å². The Bertz CT molecular complexity index is 768. The average molecular weight is 785 g/mol. The summed E-state index contributed by atoms with van der Waals surface area (Å²) in [6.07, 6.45) is 72.0. The Morgan fingerprint density at radius 2 is 0.554 bits per heavy atom. The van der Waals surface area contributed by atoms with Crippen LogP contribution in [0.15, 0.2) is 24.3 Å². The molecule has 0 atom stereocenters. The summed E-state index contributed by atoms with van der Waals surface area (Å²) < 4.78 is 5.48. The maximum absolute atomic E-state index is 12.0. The highest BCUT2D eigenvalue weighted by Gasteiger charge is 2.03. The van der Waals surface area contributed by atoms with Crippen molar-refractivity contribution in [2.24, 2.45) is 0 Å². The summed E-state index contributed by atoms with van der Waals surface area (Å²) >= 11 is 0. The Morgan fingerprint density at radius 3 is 0.893 bits per heavy atom. The lowest BCUT2D eigenvalue weighted by atomic mass is 10.0. The minimum Gasteiger partial charge on any atom is -0.466 e. The third kappa shape index (κ3) is 51.0. The van der Waals surface area contributed by atoms with Gasteiger partial charge < -0.3 is 4.74 Å². The van der Waals surface area contributed by atoms with Gasteiger partial charge in [0.05, 0.1) is 6.61 Å². The molecule has 0 heterocycles. The van der Waals surface area contributed by atoms with Crippen LogP contribution in [-0.4, -0.2) is 12.6 Å². The molecule has 0 bridgehead atoms. The summed E-state index contributed by atoms with van der Waals surface area (Å²) in [5, 5.41) is 0. The molecule has 0 rings (SSSR count). The van der Waals surface area contributed by atoms with E-state index in [4.69, 9.17) is 4.74 Å². The first-order valence-electron chi connectivity index (χ1n) is 26.3. The molecule has 0 aliphatic heterocycles. The fraction of sp³-hybridized carbons (Fsp3) is 0.907. The number of esters is 1. The number of carbonyl (C=O) groups is 1. The summed E-state index contributed by atoms with van der Waals surface area (Å²) in [7, 11) is 0. The van der Waals surface area contributed by atoms with E-state index in [2.05, 4.69) is 38.2 Å². The second-order valence-corrected chi connectivity index (χ2v) is 17.9. The molecule has 0 aromatic rings. The van der Waals surface area contributed by atoms with Crippen molar-refractivity contribution in [3.05, 3.63) is 24.3 Å². The first kappa shape index (κ1) is 55.0. The average Bonchev–Trinajstić information content (AvgIpc) is 3.20. The maximum Gasteiger partial charge on any atom is 0.305 e. The molecule has 0 unspecified atom stereocenters. The molecule has 0 aliphatic rings. The first-order valence-corrected chi connectivity index (χ1v) is 26.3. The van der Waals surface area contributed by atoms with Crippen LogP contribution < -0.4 is 0 Å². The van der Waals surface area contributed by atoms with Crippen LogP contribution >= 0.6 is 0 Å². The van der Waals surface area contributed by atoms with Crippen molar-refractivity contribution in [2.45, 2.75) is 309 Å². The zero-order valence-electron chi connectivity index (χ0n) is 38.9. The SMILES string of the molecule is CCCCC/C=C\C/C=C\CCCCCCCC(=O)OCCCCCCCCCCCCCCCCCCCCCCCCCCCCCCCCCCCC. The molecule has 0 fully saturated rings. The molecule has 0 N–H and O–H groups in total. The number of rotatable bonds is 49. The third-order valence-corrected chi connectivity index (χ3v) is 12.1. The Labute approximate surface area is 354 Å². The van der Waals surface area contributed by atoms with E-state index in [1.54, 1.807) is 0 Å². The number of ether oxygens (including phenoxy) is 1. The van der Waals surface area contributed by atoms with Crippen molar-refractivity contribution in [2.75, 3.05) is 6.61 Å². The minimum atomic E-state index is 0.0155. The van der Waals surface area contributed by atoms with Crippen LogP contribution in [0, 0.1) is 0 Å². The predicted molar refractivity (Wildman–Crippen MR) is 253 cm³/mol. The van der Waals surface area contributed by atoms with E-state index in [1.165, 1.54) is 263 Å². The fourth-order valence-corrected chi connectivity index (χ4v) is 8.17. The fourth-order valence-electron chi connectivity index (χ4n) is 8.17. The van der Waals surface area contributed by atoms with Gasteiger partial charge in [-0.3, -0.25) is 4.79 Å². The van der Waals surface area contributed by atoms with Gasteiger partial charge in [0, 0.05) is 6.42 Å². The van der Waals surface area contributed by atoms with Gasteiger partial charge in [0.1, 0.15) is 0 Å². The molecule has 0 radical (unpaired) electrons. The van der Waals surface area contributed by atoms with Crippen molar-refractivity contribution in [3.63, 3.8) is 0 Å². The molecule has 0 aliphatic carbocycles. The molecule has 0 saturated carbocycles. The lowest BCUT2D eigenvalue weighted by Gasteiger charge is -2.06. The molecule has 0 saturated heterocycles. The number of carbonyl (C=O) groups excluding carboxylic acids is 1. The van der Waals surface area contributed by atoms with Crippen LogP contribution in [0.5, 0.6) is 0 Å². The van der Waals surface area contributed by atoms with E-state index < -0.39 is 0 Å². The lowest BCUT2D eigenvalue weighted by molar-refractivity contribution is -0.143. The van der Waals surface area contributed by atoms with Crippen molar-refractivity contribution >= 4 is 5.97 Å². The molecule has 56 heavy (non-hydrogen) atoms. The van der Waals surface area contributed by atoms with E-state index in [-0.39, 0.29) is 5.97 Å². The van der Waals surface area contributed by atoms with Gasteiger partial charge in [0.25, 0.3) is 0 Å². The lowest BCUT2D eigenvalue weighted by Crippen LogP contribution is -2.05. The van der Waals surface area contributed by atoms with E-state index in [0.29, 0.717) is 13.0 Å². The first-order chi connectivity index (χ1) is 27.8. The Balaban J connectivity index is 3.16. The third-order valence-electron chi connectivity index (χ3n) is 12.1. The Kier molecular flexibility index (Phi) is 51.0. The van der Waals surface area contributed by atoms with Crippen LogP contribution in [-0.2, 0) is 9.53 Å². The highest BCUT2D eigenvalue weighted by molar-refractivity contribution is 5.69. The largest absolute Gasteiger partial charge is 0.466 e. The molecule has 2 nitrogen and oxygen atoms in total. The highest BCUT2D eigenvalue weighted by atomic mass is 16.5. The summed E-state index contributed by atoms with van der Waals surface area (Å²) in [4.78, 5) is 12.0. The van der Waals surface area contributed by atoms with E-state index >= 15 is 0 Å². The van der Waals surface area contributed by atoms with Crippen LogP contribution in [0.2, 0.25) is 0 Å². The van der Waals surface area contributed by atoms with Gasteiger partial charge in [-0.1, -0.05) is 282 Å². The molecule has 332 valence electrons. The smallest absolute Gasteiger partial charge is 0.305 e. The van der Waals surface area contributed by atoms with Crippen LogP contribution in [0.4, 0.5) is 0 Å². The summed E-state index contributed by atoms with van der Waals surface area (Å²) in [6, 6.07) is 0. The normalized spacial score (nSPS) is 11.8. The van der Waals surface area contributed by atoms with Crippen LogP contribution in [0.25, 0.3) is 0 Å². The number of hydrogen-bond acceptors (Lipinski definition) is 2. The zero-order valence-corrected chi connectivity index (χ0v) is 38.9. The molecule has 2 heteroatoms. The van der Waals surface area contributed by atoms with Gasteiger partial charge in [-0.05, 0) is 44.9 Å². The molecule has 0 amide bonds. The van der Waals surface area contributed by atoms with Crippen molar-refractivity contribution in [1.82, 2.24) is 0 Å². The van der Waals surface area contributed by atoms with Crippen molar-refractivity contribution in [3.8, 4) is 0 Å². The number of unbranched alkanes of at least 4 members (excludes halogenated alkanes) is 41. The Morgan fingerprint density at radius 1 is 0.304 bits per heavy atom. The number of hydrogen-bond donors (Lipinski definition) is 0.